The Balaban J connectivity index is 2.41. The van der Waals surface area contributed by atoms with Gasteiger partial charge in [0, 0.05) is 5.56 Å². The molecule has 18 heavy (non-hydrogen) atoms. The van der Waals surface area contributed by atoms with Crippen LogP contribution >= 0.6 is 0 Å². The van der Waals surface area contributed by atoms with Crippen LogP contribution in [0.1, 0.15) is 10.4 Å². The quantitative estimate of drug-likeness (QED) is 0.904. The summed E-state index contributed by atoms with van der Waals surface area (Å²) in [6.07, 6.45) is 0. The Morgan fingerprint density at radius 1 is 1.17 bits per heavy atom. The summed E-state index contributed by atoms with van der Waals surface area (Å²) in [7, 11) is 1.55. The summed E-state index contributed by atoms with van der Waals surface area (Å²) in [5, 5.41) is 8.76. The van der Waals surface area contributed by atoms with E-state index in [1.807, 2.05) is 0 Å². The zero-order chi connectivity index (χ0) is 13.1. The van der Waals surface area contributed by atoms with Crippen LogP contribution < -0.4 is 4.74 Å². The van der Waals surface area contributed by atoms with Crippen molar-refractivity contribution in [3.63, 3.8) is 0 Å². The number of aromatic carboxylic acids is 1. The molecular weight excluding hydrogens is 235 g/mol. The smallest absolute Gasteiger partial charge is 0.335 e. The van der Waals surface area contributed by atoms with Crippen molar-refractivity contribution in [3.8, 4) is 16.9 Å². The zero-order valence-corrected chi connectivity index (χ0v) is 9.68. The summed E-state index contributed by atoms with van der Waals surface area (Å²) >= 11 is 0. The summed E-state index contributed by atoms with van der Waals surface area (Å²) in [6, 6.07) is 10.7. The van der Waals surface area contributed by atoms with Crippen molar-refractivity contribution in [1.82, 2.24) is 0 Å². The fourth-order valence-corrected chi connectivity index (χ4v) is 1.65. The van der Waals surface area contributed by atoms with E-state index in [-0.39, 0.29) is 5.56 Å². The lowest BCUT2D eigenvalue weighted by atomic mass is 10.0. The number of ether oxygens (including phenoxy) is 1. The van der Waals surface area contributed by atoms with Crippen LogP contribution in [-0.4, -0.2) is 18.2 Å². The third-order valence-corrected chi connectivity index (χ3v) is 2.62. The number of benzene rings is 2. The second kappa shape index (κ2) is 4.87. The van der Waals surface area contributed by atoms with E-state index in [1.165, 1.54) is 12.1 Å². The highest BCUT2D eigenvalue weighted by atomic mass is 19.1. The van der Waals surface area contributed by atoms with Crippen molar-refractivity contribution < 1.29 is 19.0 Å². The van der Waals surface area contributed by atoms with Gasteiger partial charge in [0.05, 0.1) is 12.7 Å². The molecule has 0 unspecified atom stereocenters. The number of methoxy groups -OCH3 is 1. The second-order valence-electron chi connectivity index (χ2n) is 3.73. The topological polar surface area (TPSA) is 46.5 Å². The monoisotopic (exact) mass is 246 g/mol. The van der Waals surface area contributed by atoms with E-state index in [4.69, 9.17) is 9.84 Å². The molecule has 0 saturated carbocycles. The Kier molecular flexibility index (Phi) is 3.28. The van der Waals surface area contributed by atoms with Gasteiger partial charge in [-0.15, -0.1) is 0 Å². The summed E-state index contributed by atoms with van der Waals surface area (Å²) in [4.78, 5) is 10.7. The Hall–Kier alpha value is -2.36. The first kappa shape index (κ1) is 12.1. The highest BCUT2D eigenvalue weighted by molar-refractivity contribution is 5.88. The van der Waals surface area contributed by atoms with E-state index in [2.05, 4.69) is 0 Å². The van der Waals surface area contributed by atoms with Gasteiger partial charge in [0.1, 0.15) is 11.6 Å². The van der Waals surface area contributed by atoms with Crippen LogP contribution in [0.2, 0.25) is 0 Å². The minimum absolute atomic E-state index is 0.0650. The lowest BCUT2D eigenvalue weighted by molar-refractivity contribution is 0.0696. The third kappa shape index (κ3) is 2.32. The van der Waals surface area contributed by atoms with Crippen molar-refractivity contribution >= 4 is 5.97 Å². The fourth-order valence-electron chi connectivity index (χ4n) is 1.65. The lowest BCUT2D eigenvalue weighted by Crippen LogP contribution is -1.97. The van der Waals surface area contributed by atoms with Crippen molar-refractivity contribution in [1.29, 1.82) is 0 Å². The summed E-state index contributed by atoms with van der Waals surface area (Å²) in [6.45, 7) is 0. The number of hydrogen-bond donors (Lipinski definition) is 1. The first-order valence-corrected chi connectivity index (χ1v) is 5.29. The molecule has 0 radical (unpaired) electrons. The maximum Gasteiger partial charge on any atom is 0.335 e. The number of rotatable bonds is 3. The second-order valence-corrected chi connectivity index (χ2v) is 3.73. The molecule has 0 atom stereocenters. The average molecular weight is 246 g/mol. The lowest BCUT2D eigenvalue weighted by Gasteiger charge is -2.06. The highest BCUT2D eigenvalue weighted by Crippen LogP contribution is 2.25. The van der Waals surface area contributed by atoms with Crippen LogP contribution in [0.25, 0.3) is 11.1 Å². The predicted octanol–water partition coefficient (Wildman–Crippen LogP) is 3.20. The molecule has 0 saturated heterocycles. The third-order valence-electron chi connectivity index (χ3n) is 2.62. The largest absolute Gasteiger partial charge is 0.497 e. The van der Waals surface area contributed by atoms with Gasteiger partial charge in [0.15, 0.2) is 0 Å². The fraction of sp³-hybridized carbons (Fsp3) is 0.0714. The molecule has 0 amide bonds. The molecule has 92 valence electrons. The molecule has 0 aliphatic rings. The molecule has 0 heterocycles. The molecule has 0 aromatic heterocycles. The van der Waals surface area contributed by atoms with Crippen LogP contribution in [0.4, 0.5) is 4.39 Å². The number of hydrogen-bond acceptors (Lipinski definition) is 2. The number of carbonyl (C=O) groups is 1. The molecule has 0 spiro atoms. The zero-order valence-electron chi connectivity index (χ0n) is 9.68. The van der Waals surface area contributed by atoms with Gasteiger partial charge in [0.25, 0.3) is 0 Å². The maximum atomic E-state index is 13.8. The highest BCUT2D eigenvalue weighted by Gasteiger charge is 2.09. The molecule has 4 heteroatoms. The minimum Gasteiger partial charge on any atom is -0.497 e. The van der Waals surface area contributed by atoms with Crippen LogP contribution in [-0.2, 0) is 0 Å². The van der Waals surface area contributed by atoms with Gasteiger partial charge in [-0.2, -0.15) is 0 Å². The first-order valence-electron chi connectivity index (χ1n) is 5.29. The molecule has 2 aromatic rings. The van der Waals surface area contributed by atoms with E-state index in [9.17, 15) is 9.18 Å². The molecule has 0 fully saturated rings. The van der Waals surface area contributed by atoms with Gasteiger partial charge in [-0.3, -0.25) is 0 Å². The molecule has 3 nitrogen and oxygen atoms in total. The molecule has 2 rings (SSSR count). The Morgan fingerprint density at radius 3 is 2.33 bits per heavy atom. The van der Waals surface area contributed by atoms with Crippen LogP contribution in [0.3, 0.4) is 0 Å². The Morgan fingerprint density at radius 2 is 1.83 bits per heavy atom. The van der Waals surface area contributed by atoms with Crippen LogP contribution in [0, 0.1) is 5.82 Å². The molecule has 0 bridgehead atoms. The number of carboxylic acids is 1. The maximum absolute atomic E-state index is 13.8. The van der Waals surface area contributed by atoms with Gasteiger partial charge >= 0.3 is 5.97 Å². The molecule has 1 N–H and O–H groups in total. The van der Waals surface area contributed by atoms with E-state index in [1.54, 1.807) is 31.4 Å². The van der Waals surface area contributed by atoms with Gasteiger partial charge in [-0.05, 0) is 29.8 Å². The molecular formula is C14H11FO3. The van der Waals surface area contributed by atoms with Gasteiger partial charge in [-0.25, -0.2) is 9.18 Å². The van der Waals surface area contributed by atoms with E-state index in [0.717, 1.165) is 6.07 Å². The first-order chi connectivity index (χ1) is 8.61. The summed E-state index contributed by atoms with van der Waals surface area (Å²) < 4.78 is 18.8. The molecule has 0 aliphatic carbocycles. The molecule has 0 aliphatic heterocycles. The standard InChI is InChI=1S/C14H11FO3/c1-18-11-5-2-9(3-6-11)12-7-4-10(14(16)17)8-13(12)15/h2-8H,1H3,(H,16,17). The Labute approximate surface area is 103 Å². The number of halogens is 1. The normalized spacial score (nSPS) is 10.1. The van der Waals surface area contributed by atoms with Gasteiger partial charge in [-0.1, -0.05) is 18.2 Å². The van der Waals surface area contributed by atoms with Gasteiger partial charge < -0.3 is 9.84 Å². The van der Waals surface area contributed by atoms with Crippen molar-refractivity contribution in [2.45, 2.75) is 0 Å². The van der Waals surface area contributed by atoms with Crippen LogP contribution in [0.5, 0.6) is 5.75 Å². The summed E-state index contributed by atoms with van der Waals surface area (Å²) in [5.74, 6) is -1.02. The minimum atomic E-state index is -1.14. The molecule has 2 aromatic carbocycles. The SMILES string of the molecule is COc1ccc(-c2ccc(C(=O)O)cc2F)cc1. The number of carboxylic acid groups (broad SMARTS) is 1. The van der Waals surface area contributed by atoms with Crippen molar-refractivity contribution in [2.24, 2.45) is 0 Å². The van der Waals surface area contributed by atoms with Crippen molar-refractivity contribution in [2.75, 3.05) is 7.11 Å². The van der Waals surface area contributed by atoms with Crippen molar-refractivity contribution in [3.05, 3.63) is 53.8 Å². The predicted molar refractivity (Wildman–Crippen MR) is 65.3 cm³/mol. The summed E-state index contributed by atoms with van der Waals surface area (Å²) in [5.41, 5.74) is 0.970. The van der Waals surface area contributed by atoms with E-state index < -0.39 is 11.8 Å². The van der Waals surface area contributed by atoms with E-state index in [0.29, 0.717) is 16.9 Å². The Bertz CT molecular complexity index is 576. The average Bonchev–Trinajstić information content (AvgIpc) is 2.38. The van der Waals surface area contributed by atoms with E-state index >= 15 is 0 Å². The van der Waals surface area contributed by atoms with Crippen LogP contribution in [0.15, 0.2) is 42.5 Å². The van der Waals surface area contributed by atoms with Gasteiger partial charge in [0.2, 0.25) is 0 Å².